The minimum absolute atomic E-state index is 0.251. The molecule has 0 saturated heterocycles. The van der Waals surface area contributed by atoms with E-state index in [2.05, 4.69) is 0 Å². The lowest BCUT2D eigenvalue weighted by Crippen LogP contribution is -2.14. The summed E-state index contributed by atoms with van der Waals surface area (Å²) in [6, 6.07) is 62.4. The highest BCUT2D eigenvalue weighted by molar-refractivity contribution is 6.28. The SMILES string of the molecule is Cc1ccc(N(c2cc(-c3cccc(F)c3)cc(-c3cccc(F)c3)c2)c2ccc3ccc4c(N(c5cc(-c6cccc(F)c6)cc(-c6cccc(F)c6)c5)c5ccc(C)cc5F)ccc5ccc2c3c54)c(F)c1. The van der Waals surface area contributed by atoms with Gasteiger partial charge >= 0.3 is 0 Å². The van der Waals surface area contributed by atoms with Crippen molar-refractivity contribution < 1.29 is 26.3 Å². The van der Waals surface area contributed by atoms with Gasteiger partial charge in [0.1, 0.15) is 34.9 Å². The molecule has 12 aromatic carbocycles. The fourth-order valence-corrected chi connectivity index (χ4v) is 10.4. The van der Waals surface area contributed by atoms with E-state index in [9.17, 15) is 17.6 Å². The number of hydrogen-bond donors (Lipinski definition) is 0. The average Bonchev–Trinajstić information content (AvgIpc) is 3.42. The van der Waals surface area contributed by atoms with E-state index in [1.54, 1.807) is 60.7 Å². The van der Waals surface area contributed by atoms with Crippen molar-refractivity contribution in [2.45, 2.75) is 13.8 Å². The molecular weight excluding hydrogens is 935 g/mol. The van der Waals surface area contributed by atoms with Crippen LogP contribution in [0.5, 0.6) is 0 Å². The fraction of sp³-hybridized carbons (Fsp3) is 0.0303. The van der Waals surface area contributed by atoms with Gasteiger partial charge in [0.15, 0.2) is 0 Å². The minimum Gasteiger partial charge on any atom is -0.307 e. The Hall–Kier alpha value is -9.14. The molecule has 12 rings (SSSR count). The Morgan fingerprint density at radius 1 is 0.270 bits per heavy atom. The molecule has 0 aliphatic carbocycles. The summed E-state index contributed by atoms with van der Waals surface area (Å²) in [5.41, 5.74) is 9.13. The van der Waals surface area contributed by atoms with Crippen LogP contribution in [0, 0.1) is 48.8 Å². The number of aryl methyl sites for hydroxylation is 2. The Bertz CT molecular complexity index is 3770. The maximum Gasteiger partial charge on any atom is 0.147 e. The van der Waals surface area contributed by atoms with Gasteiger partial charge in [-0.2, -0.15) is 0 Å². The van der Waals surface area contributed by atoms with Crippen LogP contribution in [0.25, 0.3) is 76.8 Å². The minimum atomic E-state index is -0.477. The van der Waals surface area contributed by atoms with E-state index in [0.717, 1.165) is 43.4 Å². The zero-order valence-corrected chi connectivity index (χ0v) is 39.9. The van der Waals surface area contributed by atoms with Crippen LogP contribution in [0.4, 0.5) is 60.5 Å². The van der Waals surface area contributed by atoms with Gasteiger partial charge in [0.25, 0.3) is 0 Å². The zero-order chi connectivity index (χ0) is 50.8. The molecule has 0 atom stereocenters. The summed E-state index contributed by atoms with van der Waals surface area (Å²) < 4.78 is 93.4. The number of halogens is 6. The second kappa shape index (κ2) is 18.5. The van der Waals surface area contributed by atoms with E-state index in [1.165, 1.54) is 60.7 Å². The second-order valence-electron chi connectivity index (χ2n) is 18.8. The summed E-state index contributed by atoms with van der Waals surface area (Å²) in [6.45, 7) is 3.65. The fourth-order valence-electron chi connectivity index (χ4n) is 10.4. The molecule has 0 aliphatic heterocycles. The lowest BCUT2D eigenvalue weighted by molar-refractivity contribution is 0.627. The number of rotatable bonds is 10. The first kappa shape index (κ1) is 46.0. The molecule has 74 heavy (non-hydrogen) atoms. The van der Waals surface area contributed by atoms with Crippen LogP contribution in [-0.4, -0.2) is 0 Å². The summed E-state index contributed by atoms with van der Waals surface area (Å²) in [7, 11) is 0. The van der Waals surface area contributed by atoms with Crippen molar-refractivity contribution in [1.82, 2.24) is 0 Å². The molecule has 0 aromatic heterocycles. The predicted octanol–water partition coefficient (Wildman–Crippen LogP) is 19.6. The molecular formula is C66H42F6N2. The average molecular weight is 977 g/mol. The third-order valence-corrected chi connectivity index (χ3v) is 13.8. The molecule has 0 radical (unpaired) electrons. The highest BCUT2D eigenvalue weighted by atomic mass is 19.1. The molecule has 0 bridgehead atoms. The van der Waals surface area contributed by atoms with Crippen LogP contribution < -0.4 is 9.80 Å². The monoisotopic (exact) mass is 976 g/mol. The topological polar surface area (TPSA) is 6.48 Å². The summed E-state index contributed by atoms with van der Waals surface area (Å²) in [4.78, 5) is 3.71. The molecule has 0 aliphatic rings. The van der Waals surface area contributed by atoms with Gasteiger partial charge in [-0.1, -0.05) is 97.1 Å². The van der Waals surface area contributed by atoms with Gasteiger partial charge in [-0.25, -0.2) is 26.3 Å². The van der Waals surface area contributed by atoms with Crippen molar-refractivity contribution in [3.05, 3.63) is 264 Å². The first-order valence-electron chi connectivity index (χ1n) is 24.1. The standard InChI is InChI=1S/C66H42F6N2/c1-39-15-23-63(59(71)27-39)73(55-35-47(43-7-3-11-51(67)31-43)29-48(36-55)44-8-4-12-52(68)32-44)61-25-19-41-18-22-58-62(26-20-42-17-21-57(61)65(41)66(42)58)74(64-24-16-40(2)28-60(64)72)56-37-49(45-9-5-13-53(69)33-45)30-50(38-56)46-10-6-14-54(70)34-46/h3-38H,1-2H3. The highest BCUT2D eigenvalue weighted by Gasteiger charge is 2.26. The van der Waals surface area contributed by atoms with Gasteiger partial charge in [0.2, 0.25) is 0 Å². The third-order valence-electron chi connectivity index (χ3n) is 13.8. The van der Waals surface area contributed by atoms with Crippen molar-refractivity contribution >= 4 is 66.4 Å². The quantitative estimate of drug-likeness (QED) is 0.0995. The Balaban J connectivity index is 1.12. The molecule has 0 N–H and O–H groups in total. The third kappa shape index (κ3) is 8.44. The molecule has 358 valence electrons. The van der Waals surface area contributed by atoms with E-state index in [-0.39, 0.29) is 11.4 Å². The number of anilines is 6. The van der Waals surface area contributed by atoms with Crippen LogP contribution in [0.2, 0.25) is 0 Å². The van der Waals surface area contributed by atoms with E-state index in [1.807, 2.05) is 121 Å². The van der Waals surface area contributed by atoms with Crippen LogP contribution in [-0.2, 0) is 0 Å². The Morgan fingerprint density at radius 2 is 0.581 bits per heavy atom. The van der Waals surface area contributed by atoms with Crippen molar-refractivity contribution in [1.29, 1.82) is 0 Å². The number of nitrogens with zero attached hydrogens (tertiary/aromatic N) is 2. The van der Waals surface area contributed by atoms with Crippen LogP contribution in [0.1, 0.15) is 11.1 Å². The van der Waals surface area contributed by atoms with Crippen molar-refractivity contribution in [2.24, 2.45) is 0 Å². The van der Waals surface area contributed by atoms with E-state index < -0.39 is 34.9 Å². The van der Waals surface area contributed by atoms with Gasteiger partial charge < -0.3 is 9.80 Å². The Morgan fingerprint density at radius 3 is 0.892 bits per heavy atom. The summed E-state index contributed by atoms with van der Waals surface area (Å²) >= 11 is 0. The van der Waals surface area contributed by atoms with Gasteiger partial charge in [-0.05, 0) is 212 Å². The van der Waals surface area contributed by atoms with Crippen molar-refractivity contribution in [3.63, 3.8) is 0 Å². The van der Waals surface area contributed by atoms with E-state index in [4.69, 9.17) is 0 Å². The Labute approximate surface area is 423 Å². The molecule has 8 heteroatoms. The van der Waals surface area contributed by atoms with Crippen LogP contribution in [0.15, 0.2) is 218 Å². The lowest BCUT2D eigenvalue weighted by Gasteiger charge is -2.30. The zero-order valence-electron chi connectivity index (χ0n) is 39.9. The summed E-state index contributed by atoms with van der Waals surface area (Å²) in [6.07, 6.45) is 0. The van der Waals surface area contributed by atoms with E-state index in [0.29, 0.717) is 67.3 Å². The molecule has 0 fully saturated rings. The molecule has 0 spiro atoms. The normalized spacial score (nSPS) is 11.5. The second-order valence-corrected chi connectivity index (χ2v) is 18.8. The van der Waals surface area contributed by atoms with Gasteiger partial charge in [-0.3, -0.25) is 0 Å². The summed E-state index contributed by atoms with van der Waals surface area (Å²) in [5, 5.41) is 5.06. The molecule has 2 nitrogen and oxygen atoms in total. The van der Waals surface area contributed by atoms with E-state index >= 15 is 8.78 Å². The molecule has 12 aromatic rings. The molecule has 0 saturated carbocycles. The van der Waals surface area contributed by atoms with Gasteiger partial charge in [0.05, 0.1) is 22.7 Å². The molecule has 0 heterocycles. The smallest absolute Gasteiger partial charge is 0.147 e. The highest BCUT2D eigenvalue weighted by Crippen LogP contribution is 2.50. The first-order valence-corrected chi connectivity index (χ1v) is 24.1. The van der Waals surface area contributed by atoms with Crippen molar-refractivity contribution in [2.75, 3.05) is 9.80 Å². The first-order chi connectivity index (χ1) is 35.9. The molecule has 0 unspecified atom stereocenters. The van der Waals surface area contributed by atoms with Crippen LogP contribution in [0.3, 0.4) is 0 Å². The molecule has 0 amide bonds. The van der Waals surface area contributed by atoms with Gasteiger partial charge in [0, 0.05) is 22.1 Å². The lowest BCUT2D eigenvalue weighted by atomic mass is 9.91. The largest absolute Gasteiger partial charge is 0.307 e. The maximum atomic E-state index is 16.8. The number of benzene rings is 12. The van der Waals surface area contributed by atoms with Crippen molar-refractivity contribution in [3.8, 4) is 44.5 Å². The number of hydrogen-bond acceptors (Lipinski definition) is 2. The van der Waals surface area contributed by atoms with Crippen LogP contribution >= 0.6 is 0 Å². The maximum absolute atomic E-state index is 16.8. The summed E-state index contributed by atoms with van der Waals surface area (Å²) in [5.74, 6) is -2.67. The predicted molar refractivity (Wildman–Crippen MR) is 290 cm³/mol. The van der Waals surface area contributed by atoms with Gasteiger partial charge in [-0.15, -0.1) is 0 Å². The Kier molecular flexibility index (Phi) is 11.5.